The van der Waals surface area contributed by atoms with Crippen molar-refractivity contribution < 1.29 is 22.7 Å². The first kappa shape index (κ1) is 21.4. The van der Waals surface area contributed by atoms with Crippen molar-refractivity contribution in [3.8, 4) is 5.75 Å². The Hall–Kier alpha value is -1.80. The first-order chi connectivity index (χ1) is 14.4. The summed E-state index contributed by atoms with van der Waals surface area (Å²) in [5.74, 6) is -2.82. The van der Waals surface area contributed by atoms with Crippen molar-refractivity contribution in [3.63, 3.8) is 0 Å². The minimum atomic E-state index is -1.06. The summed E-state index contributed by atoms with van der Waals surface area (Å²) in [5, 5.41) is 0. The van der Waals surface area contributed by atoms with E-state index in [0.717, 1.165) is 44.9 Å². The lowest BCUT2D eigenvalue weighted by atomic mass is 9.94. The van der Waals surface area contributed by atoms with Gasteiger partial charge < -0.3 is 19.4 Å². The second-order valence-corrected chi connectivity index (χ2v) is 9.00. The fourth-order valence-electron chi connectivity index (χ4n) is 4.99. The summed E-state index contributed by atoms with van der Waals surface area (Å²) < 4.78 is 46.1. The molecule has 0 spiro atoms. The summed E-state index contributed by atoms with van der Waals surface area (Å²) in [6, 6.07) is 1.21. The number of halogens is 3. The number of nitrogens with zero attached hydrogens (tertiary/aromatic N) is 3. The van der Waals surface area contributed by atoms with E-state index in [4.69, 9.17) is 4.74 Å². The van der Waals surface area contributed by atoms with Crippen LogP contribution in [0.25, 0.3) is 0 Å². The standard InChI is InChI=1S/C22H30F3N3O2/c1-26-6-2-15(12-26)13-27-7-3-16(4-8-27)22(29)28-9-5-18(14-28)30-21-19(24)10-17(23)11-20(21)25/h10-11,15-16,18H,2-9,12-14H2,1H3. The molecule has 0 radical (unpaired) electrons. The molecule has 0 bridgehead atoms. The van der Waals surface area contributed by atoms with E-state index in [9.17, 15) is 18.0 Å². The Morgan fingerprint density at radius 3 is 2.33 bits per heavy atom. The third kappa shape index (κ3) is 4.91. The molecule has 3 aliphatic heterocycles. The number of carbonyl (C=O) groups excluding carboxylic acids is 1. The van der Waals surface area contributed by atoms with Crippen LogP contribution in [0.15, 0.2) is 12.1 Å². The molecule has 0 N–H and O–H groups in total. The predicted molar refractivity (Wildman–Crippen MR) is 107 cm³/mol. The summed E-state index contributed by atoms with van der Waals surface area (Å²) in [5.41, 5.74) is 0. The van der Waals surface area contributed by atoms with Crippen LogP contribution in [-0.2, 0) is 4.79 Å². The molecule has 166 valence electrons. The summed E-state index contributed by atoms with van der Waals surface area (Å²) >= 11 is 0. The Balaban J connectivity index is 1.24. The maximum absolute atomic E-state index is 13.8. The Labute approximate surface area is 175 Å². The van der Waals surface area contributed by atoms with E-state index in [1.807, 2.05) is 0 Å². The first-order valence-corrected chi connectivity index (χ1v) is 10.9. The van der Waals surface area contributed by atoms with Gasteiger partial charge in [0.05, 0.1) is 6.54 Å². The van der Waals surface area contributed by atoms with Gasteiger partial charge in [-0.15, -0.1) is 0 Å². The Bertz CT molecular complexity index is 747. The fraction of sp³-hybridized carbons (Fsp3) is 0.682. The second-order valence-electron chi connectivity index (χ2n) is 9.00. The van der Waals surface area contributed by atoms with E-state index in [1.165, 1.54) is 13.0 Å². The molecule has 5 nitrogen and oxygen atoms in total. The van der Waals surface area contributed by atoms with E-state index in [-0.39, 0.29) is 11.8 Å². The smallest absolute Gasteiger partial charge is 0.225 e. The first-order valence-electron chi connectivity index (χ1n) is 10.9. The number of hydrogen-bond donors (Lipinski definition) is 0. The van der Waals surface area contributed by atoms with Gasteiger partial charge >= 0.3 is 0 Å². The van der Waals surface area contributed by atoms with Crippen molar-refractivity contribution in [1.29, 1.82) is 0 Å². The molecule has 3 saturated heterocycles. The lowest BCUT2D eigenvalue weighted by molar-refractivity contribution is -0.136. The average Bonchev–Trinajstić information content (AvgIpc) is 3.34. The minimum absolute atomic E-state index is 0.00513. The number of ether oxygens (including phenoxy) is 1. The molecule has 3 heterocycles. The number of carbonyl (C=O) groups is 1. The van der Waals surface area contributed by atoms with Crippen molar-refractivity contribution in [2.45, 2.75) is 31.8 Å². The van der Waals surface area contributed by atoms with Crippen LogP contribution in [0.2, 0.25) is 0 Å². The van der Waals surface area contributed by atoms with Crippen LogP contribution >= 0.6 is 0 Å². The monoisotopic (exact) mass is 425 g/mol. The molecule has 2 atom stereocenters. The zero-order valence-electron chi connectivity index (χ0n) is 17.5. The van der Waals surface area contributed by atoms with Gasteiger partial charge in [0.25, 0.3) is 0 Å². The SMILES string of the molecule is CN1CCC(CN2CCC(C(=O)N3CCC(Oc4c(F)cc(F)cc4F)C3)CC2)C1. The van der Waals surface area contributed by atoms with Crippen LogP contribution in [0.4, 0.5) is 13.2 Å². The largest absolute Gasteiger partial charge is 0.482 e. The van der Waals surface area contributed by atoms with Gasteiger partial charge in [0.2, 0.25) is 5.91 Å². The highest BCUT2D eigenvalue weighted by atomic mass is 19.1. The number of hydrogen-bond acceptors (Lipinski definition) is 4. The molecule has 0 aliphatic carbocycles. The van der Waals surface area contributed by atoms with E-state index in [2.05, 4.69) is 16.8 Å². The molecule has 3 fully saturated rings. The van der Waals surface area contributed by atoms with Gasteiger partial charge in [-0.1, -0.05) is 0 Å². The molecule has 0 aromatic heterocycles. The van der Waals surface area contributed by atoms with Gasteiger partial charge in [0, 0.05) is 44.1 Å². The summed E-state index contributed by atoms with van der Waals surface area (Å²) in [7, 11) is 2.16. The van der Waals surface area contributed by atoms with Gasteiger partial charge in [-0.05, 0) is 51.9 Å². The molecule has 0 saturated carbocycles. The van der Waals surface area contributed by atoms with Crippen LogP contribution in [0, 0.1) is 29.3 Å². The van der Waals surface area contributed by atoms with Gasteiger partial charge in [-0.2, -0.15) is 0 Å². The number of likely N-dealkylation sites (tertiary alicyclic amines) is 3. The van der Waals surface area contributed by atoms with Crippen molar-refractivity contribution in [1.82, 2.24) is 14.7 Å². The van der Waals surface area contributed by atoms with Crippen LogP contribution in [-0.4, -0.2) is 79.6 Å². The molecule has 3 aliphatic rings. The summed E-state index contributed by atoms with van der Waals surface area (Å²) in [6.07, 6.45) is 2.98. The van der Waals surface area contributed by atoms with Crippen LogP contribution in [0.1, 0.15) is 25.7 Å². The number of amides is 1. The Morgan fingerprint density at radius 1 is 1.00 bits per heavy atom. The highest BCUT2D eigenvalue weighted by molar-refractivity contribution is 5.79. The molecule has 1 aromatic carbocycles. The zero-order valence-corrected chi connectivity index (χ0v) is 17.5. The lowest BCUT2D eigenvalue weighted by Crippen LogP contribution is -2.43. The number of rotatable bonds is 5. The molecule has 8 heteroatoms. The second kappa shape index (κ2) is 9.14. The Kier molecular flexibility index (Phi) is 6.53. The van der Waals surface area contributed by atoms with E-state index < -0.39 is 29.3 Å². The highest BCUT2D eigenvalue weighted by Gasteiger charge is 2.35. The molecular weight excluding hydrogens is 395 g/mol. The van der Waals surface area contributed by atoms with Crippen molar-refractivity contribution in [2.24, 2.45) is 11.8 Å². The van der Waals surface area contributed by atoms with Crippen molar-refractivity contribution >= 4 is 5.91 Å². The van der Waals surface area contributed by atoms with E-state index >= 15 is 0 Å². The average molecular weight is 425 g/mol. The third-order valence-electron chi connectivity index (χ3n) is 6.65. The highest BCUT2D eigenvalue weighted by Crippen LogP contribution is 2.28. The quantitative estimate of drug-likeness (QED) is 0.727. The molecule has 4 rings (SSSR count). The van der Waals surface area contributed by atoms with Gasteiger partial charge in [0.15, 0.2) is 17.4 Å². The van der Waals surface area contributed by atoms with Gasteiger partial charge in [-0.25, -0.2) is 13.2 Å². The Morgan fingerprint density at radius 2 is 1.70 bits per heavy atom. The number of piperidine rings is 1. The van der Waals surface area contributed by atoms with Gasteiger partial charge in [0.1, 0.15) is 11.9 Å². The maximum atomic E-state index is 13.8. The van der Waals surface area contributed by atoms with E-state index in [0.29, 0.717) is 31.6 Å². The van der Waals surface area contributed by atoms with E-state index in [1.54, 1.807) is 4.90 Å². The maximum Gasteiger partial charge on any atom is 0.225 e. The molecule has 30 heavy (non-hydrogen) atoms. The zero-order chi connectivity index (χ0) is 21.3. The number of benzene rings is 1. The summed E-state index contributed by atoms with van der Waals surface area (Å²) in [6.45, 7) is 6.14. The normalized spacial score (nSPS) is 26.5. The third-order valence-corrected chi connectivity index (χ3v) is 6.65. The summed E-state index contributed by atoms with van der Waals surface area (Å²) in [4.78, 5) is 19.5. The molecular formula is C22H30F3N3O2. The van der Waals surface area contributed by atoms with Crippen LogP contribution < -0.4 is 4.74 Å². The molecule has 2 unspecified atom stereocenters. The fourth-order valence-corrected chi connectivity index (χ4v) is 4.99. The molecule has 1 aromatic rings. The predicted octanol–water partition coefficient (Wildman–Crippen LogP) is 2.75. The van der Waals surface area contributed by atoms with Crippen LogP contribution in [0.5, 0.6) is 5.75 Å². The van der Waals surface area contributed by atoms with Crippen molar-refractivity contribution in [2.75, 3.05) is 52.9 Å². The lowest BCUT2D eigenvalue weighted by Gasteiger charge is -2.34. The van der Waals surface area contributed by atoms with Crippen molar-refractivity contribution in [3.05, 3.63) is 29.6 Å². The van der Waals surface area contributed by atoms with Crippen LogP contribution in [0.3, 0.4) is 0 Å². The molecule has 1 amide bonds. The minimum Gasteiger partial charge on any atom is -0.482 e. The topological polar surface area (TPSA) is 36.0 Å². The van der Waals surface area contributed by atoms with Gasteiger partial charge in [-0.3, -0.25) is 4.79 Å².